The van der Waals surface area contributed by atoms with E-state index in [1.54, 1.807) is 24.3 Å². The number of aromatic nitrogens is 1. The molecule has 53 heavy (non-hydrogen) atoms. The number of benzene rings is 3. The average molecular weight is 720 g/mol. The van der Waals surface area contributed by atoms with Gasteiger partial charge in [0.25, 0.3) is 0 Å². The molecule has 1 aliphatic rings. The molecular weight excluding hydrogens is 671 g/mol. The number of H-pyrrole nitrogens is 1. The number of nitrogens with one attached hydrogen (secondary N) is 5. The molecule has 3 aromatic carbocycles. The largest absolute Gasteiger partial charge is 0.508 e. The Labute approximate surface area is 310 Å². The molecule has 13 nitrogen and oxygen atoms in total. The zero-order valence-corrected chi connectivity index (χ0v) is 29.7. The Morgan fingerprint density at radius 2 is 1.38 bits per heavy atom. The molecule has 1 saturated heterocycles. The van der Waals surface area contributed by atoms with Crippen molar-refractivity contribution in [3.05, 3.63) is 102 Å². The van der Waals surface area contributed by atoms with Crippen LogP contribution < -0.4 is 32.7 Å². The van der Waals surface area contributed by atoms with E-state index in [4.69, 9.17) is 11.5 Å². The molecule has 4 aromatic rings. The number of fused-ring (bicyclic) bond motifs is 1. The summed E-state index contributed by atoms with van der Waals surface area (Å²) in [6, 6.07) is 20.0. The number of phenolic OH excluding ortho intramolecular Hbond substituents is 1. The quantitative estimate of drug-likeness (QED) is 0.0523. The molecule has 1 aliphatic heterocycles. The van der Waals surface area contributed by atoms with Crippen molar-refractivity contribution in [2.75, 3.05) is 13.1 Å². The lowest BCUT2D eigenvalue weighted by molar-refractivity contribution is -0.133. The highest BCUT2D eigenvalue weighted by Crippen LogP contribution is 2.20. The third kappa shape index (κ3) is 11.7. The lowest BCUT2D eigenvalue weighted by Crippen LogP contribution is -2.58. The molecule has 14 heteroatoms. The molecule has 0 spiro atoms. The number of para-hydroxylation sites is 1. The van der Waals surface area contributed by atoms with Crippen molar-refractivity contribution in [2.24, 2.45) is 16.5 Å². The zero-order chi connectivity index (χ0) is 37.6. The van der Waals surface area contributed by atoms with Gasteiger partial charge >= 0.3 is 0 Å². The molecule has 0 aliphatic carbocycles. The second-order valence-electron chi connectivity index (χ2n) is 13.3. The molecule has 10 N–H and O–H groups in total. The molecular formula is C39H48BN8O5. The minimum Gasteiger partial charge on any atom is -0.508 e. The molecule has 1 aromatic heterocycles. The Morgan fingerprint density at radius 3 is 2.15 bits per heavy atom. The van der Waals surface area contributed by atoms with Crippen molar-refractivity contribution in [1.29, 1.82) is 0 Å². The molecule has 0 bridgehead atoms. The van der Waals surface area contributed by atoms with Gasteiger partial charge in [-0.05, 0) is 60.7 Å². The van der Waals surface area contributed by atoms with Gasteiger partial charge in [-0.1, -0.05) is 73.3 Å². The number of nitrogens with two attached hydrogens (primary N) is 2. The van der Waals surface area contributed by atoms with Gasteiger partial charge in [-0.2, -0.15) is 0 Å². The number of hydrogen-bond acceptors (Lipinski definition) is 7. The van der Waals surface area contributed by atoms with Gasteiger partial charge in [0.15, 0.2) is 11.7 Å². The number of aromatic amines is 1. The van der Waals surface area contributed by atoms with E-state index in [1.807, 2.05) is 68.1 Å². The number of aromatic hydroxyl groups is 1. The molecule has 1 radical (unpaired) electrons. The normalized spacial score (nSPS) is 20.8. The van der Waals surface area contributed by atoms with Crippen LogP contribution in [0.1, 0.15) is 36.0 Å². The summed E-state index contributed by atoms with van der Waals surface area (Å²) in [7, 11) is 2.00. The van der Waals surface area contributed by atoms with E-state index < -0.39 is 36.0 Å². The van der Waals surface area contributed by atoms with Crippen LogP contribution in [0.15, 0.2) is 90.1 Å². The molecule has 5 rings (SSSR count). The van der Waals surface area contributed by atoms with E-state index in [9.17, 15) is 24.3 Å². The minimum absolute atomic E-state index is 0.0882. The highest BCUT2D eigenvalue weighted by molar-refractivity contribution is 6.36. The SMILES string of the molecule is NC(N)=NCCCC1NC(=O)C(Cc2ccccc2)NC(=O)C(Cc2ccc(O)cc2)NCC[B]CCC(=O)C(Cc2c[nH]c3ccccc23)NC1=O. The van der Waals surface area contributed by atoms with Crippen LogP contribution in [-0.4, -0.2) is 84.1 Å². The highest BCUT2D eigenvalue weighted by Gasteiger charge is 2.31. The van der Waals surface area contributed by atoms with Gasteiger partial charge in [-0.3, -0.25) is 24.2 Å². The maximum Gasteiger partial charge on any atom is 0.243 e. The lowest BCUT2D eigenvalue weighted by Gasteiger charge is -2.26. The van der Waals surface area contributed by atoms with Crippen LogP contribution in [0, 0.1) is 0 Å². The van der Waals surface area contributed by atoms with Crippen molar-refractivity contribution in [2.45, 2.75) is 75.3 Å². The topological polar surface area (TPSA) is 217 Å². The third-order valence-electron chi connectivity index (χ3n) is 9.32. The molecule has 2 heterocycles. The van der Waals surface area contributed by atoms with Crippen LogP contribution in [0.4, 0.5) is 0 Å². The van der Waals surface area contributed by atoms with Gasteiger partial charge in [0.05, 0.1) is 12.1 Å². The Balaban J connectivity index is 1.44. The standard InChI is InChI=1S/C39H48BN8O5/c41-39(42)44-19-6-11-31-36(51)47-32(23-27-24-45-30-10-5-4-9-29(27)30)35(50)16-17-40-18-20-43-33(21-26-12-14-28(49)15-13-26)37(52)48-34(38(53)46-31)22-25-7-2-1-3-8-25/h1-5,7-10,12-15,24,31-34,43,45,49H,6,11,16-23H2,(H,46,53)(H,47,51)(H,48,52)(H4,41,42,44). The van der Waals surface area contributed by atoms with Crippen molar-refractivity contribution >= 4 is 47.6 Å². The predicted octanol–water partition coefficient (Wildman–Crippen LogP) is 1.88. The van der Waals surface area contributed by atoms with Crippen LogP contribution in [0.5, 0.6) is 5.75 Å². The first-order chi connectivity index (χ1) is 25.7. The summed E-state index contributed by atoms with van der Waals surface area (Å²) in [6.07, 6.45) is 4.38. The van der Waals surface area contributed by atoms with Crippen LogP contribution in [0.3, 0.4) is 0 Å². The number of hydrogen-bond donors (Lipinski definition) is 8. The van der Waals surface area contributed by atoms with E-state index in [1.165, 1.54) is 0 Å². The Morgan fingerprint density at radius 1 is 0.736 bits per heavy atom. The number of guanidine groups is 1. The van der Waals surface area contributed by atoms with Crippen molar-refractivity contribution in [3.63, 3.8) is 0 Å². The van der Waals surface area contributed by atoms with Crippen LogP contribution >= 0.6 is 0 Å². The second-order valence-corrected chi connectivity index (χ2v) is 13.3. The molecule has 4 atom stereocenters. The summed E-state index contributed by atoms with van der Waals surface area (Å²) in [5, 5.41) is 22.9. The van der Waals surface area contributed by atoms with Gasteiger partial charge in [0, 0.05) is 42.9 Å². The van der Waals surface area contributed by atoms with E-state index in [-0.39, 0.29) is 55.6 Å². The molecule has 3 amide bonds. The first-order valence-electron chi connectivity index (χ1n) is 18.1. The monoisotopic (exact) mass is 719 g/mol. The van der Waals surface area contributed by atoms with E-state index in [0.29, 0.717) is 32.0 Å². The second kappa shape index (κ2) is 19.3. The zero-order valence-electron chi connectivity index (χ0n) is 29.7. The van der Waals surface area contributed by atoms with E-state index in [2.05, 4.69) is 31.2 Å². The van der Waals surface area contributed by atoms with Crippen molar-refractivity contribution < 1.29 is 24.3 Å². The maximum atomic E-state index is 14.2. The first-order valence-corrected chi connectivity index (χ1v) is 18.1. The Hall–Kier alpha value is -5.63. The average Bonchev–Trinajstić information content (AvgIpc) is 3.56. The first kappa shape index (κ1) is 38.6. The van der Waals surface area contributed by atoms with Crippen molar-refractivity contribution in [3.8, 4) is 5.75 Å². The lowest BCUT2D eigenvalue weighted by atomic mass is 9.69. The molecule has 1 fully saturated rings. The minimum atomic E-state index is -1.06. The number of phenols is 1. The van der Waals surface area contributed by atoms with Crippen LogP contribution in [0.2, 0.25) is 12.6 Å². The summed E-state index contributed by atoms with van der Waals surface area (Å²) < 4.78 is 0. The molecule has 277 valence electrons. The molecule has 4 unspecified atom stereocenters. The van der Waals surface area contributed by atoms with Crippen LogP contribution in [-0.2, 0) is 38.4 Å². The number of Topliss-reactive ketones (excluding diaryl/α,β-unsaturated/α-hetero) is 1. The maximum absolute atomic E-state index is 14.2. The highest BCUT2D eigenvalue weighted by atomic mass is 16.3. The van der Waals surface area contributed by atoms with Crippen molar-refractivity contribution in [1.82, 2.24) is 26.3 Å². The van der Waals surface area contributed by atoms with Gasteiger partial charge in [-0.15, -0.1) is 0 Å². The number of carbonyl (C=O) groups excluding carboxylic acids is 4. The van der Waals surface area contributed by atoms with Gasteiger partial charge in [0.2, 0.25) is 17.7 Å². The third-order valence-corrected chi connectivity index (χ3v) is 9.32. The van der Waals surface area contributed by atoms with Gasteiger partial charge in [0.1, 0.15) is 25.1 Å². The summed E-state index contributed by atoms with van der Waals surface area (Å²) in [5.41, 5.74) is 14.5. The number of amides is 3. The summed E-state index contributed by atoms with van der Waals surface area (Å²) in [4.78, 5) is 63.3. The fourth-order valence-electron chi connectivity index (χ4n) is 6.46. The van der Waals surface area contributed by atoms with E-state index >= 15 is 0 Å². The van der Waals surface area contributed by atoms with E-state index in [0.717, 1.165) is 27.6 Å². The Bertz CT molecular complexity index is 1860. The molecule has 0 saturated carbocycles. The Kier molecular flexibility index (Phi) is 14.0. The summed E-state index contributed by atoms with van der Waals surface area (Å²) in [6.45, 7) is 0.678. The summed E-state index contributed by atoms with van der Waals surface area (Å²) >= 11 is 0. The van der Waals surface area contributed by atoms with Gasteiger partial charge in [-0.25, -0.2) is 0 Å². The van der Waals surface area contributed by atoms with Gasteiger partial charge < -0.3 is 42.8 Å². The number of carbonyl (C=O) groups is 4. The summed E-state index contributed by atoms with van der Waals surface area (Å²) in [5.74, 6) is -1.57. The predicted molar refractivity (Wildman–Crippen MR) is 206 cm³/mol. The smallest absolute Gasteiger partial charge is 0.243 e. The number of rotatable bonds is 10. The number of ketones is 1. The fourth-order valence-corrected chi connectivity index (χ4v) is 6.46. The number of aliphatic imine (C=N–C) groups is 1. The number of nitrogens with zero attached hydrogens (tertiary/aromatic N) is 1. The fraction of sp³-hybridized carbons (Fsp3) is 0.359. The van der Waals surface area contributed by atoms with Crippen LogP contribution in [0.25, 0.3) is 10.9 Å².